The smallest absolute Gasteiger partial charge is 0.229 e. The molecule has 2 aromatic heterocycles. The van der Waals surface area contributed by atoms with Gasteiger partial charge in [0, 0.05) is 12.1 Å². The van der Waals surface area contributed by atoms with Crippen LogP contribution in [0.15, 0.2) is 16.8 Å². The molecule has 0 aromatic carbocycles. The zero-order chi connectivity index (χ0) is 10.3. The minimum Gasteiger partial charge on any atom is -0.339 e. The zero-order valence-electron chi connectivity index (χ0n) is 8.55. The predicted octanol–water partition coefficient (Wildman–Crippen LogP) is 1.50. The Morgan fingerprint density at radius 3 is 3.07 bits per heavy atom. The van der Waals surface area contributed by atoms with Crippen LogP contribution in [0.25, 0.3) is 0 Å². The van der Waals surface area contributed by atoms with Gasteiger partial charge in [-0.3, -0.25) is 4.68 Å². The second kappa shape index (κ2) is 3.18. The van der Waals surface area contributed by atoms with E-state index in [1.165, 1.54) is 12.8 Å². The van der Waals surface area contributed by atoms with Crippen LogP contribution in [0.3, 0.4) is 0 Å². The van der Waals surface area contributed by atoms with Gasteiger partial charge in [0.15, 0.2) is 5.82 Å². The molecular formula is C10H12N4O. The number of aryl methyl sites for hydroxylation is 1. The topological polar surface area (TPSA) is 56.7 Å². The van der Waals surface area contributed by atoms with Gasteiger partial charge in [-0.1, -0.05) is 5.16 Å². The molecule has 0 atom stereocenters. The van der Waals surface area contributed by atoms with Gasteiger partial charge in [-0.05, 0) is 25.8 Å². The first-order valence-electron chi connectivity index (χ1n) is 5.14. The molecule has 0 bridgehead atoms. The average Bonchev–Trinajstić information content (AvgIpc) is 2.84. The molecule has 2 heterocycles. The Bertz CT molecular complexity index is 469. The van der Waals surface area contributed by atoms with Crippen molar-refractivity contribution in [3.8, 4) is 0 Å². The molecule has 0 radical (unpaired) electrons. The highest BCUT2D eigenvalue weighted by atomic mass is 16.5. The first kappa shape index (κ1) is 8.64. The molecule has 0 amide bonds. The first-order valence-corrected chi connectivity index (χ1v) is 5.14. The van der Waals surface area contributed by atoms with Crippen LogP contribution in [-0.4, -0.2) is 19.9 Å². The maximum atomic E-state index is 5.17. The third-order valence-electron chi connectivity index (χ3n) is 2.49. The van der Waals surface area contributed by atoms with E-state index in [4.69, 9.17) is 4.52 Å². The molecule has 0 unspecified atom stereocenters. The Balaban J connectivity index is 1.75. The van der Waals surface area contributed by atoms with Crippen molar-refractivity contribution in [3.05, 3.63) is 29.7 Å². The summed E-state index contributed by atoms with van der Waals surface area (Å²) in [7, 11) is 0. The van der Waals surface area contributed by atoms with Crippen molar-refractivity contribution in [2.75, 3.05) is 0 Å². The van der Waals surface area contributed by atoms with Crippen LogP contribution in [0.2, 0.25) is 0 Å². The summed E-state index contributed by atoms with van der Waals surface area (Å²) in [6, 6.07) is 1.96. The summed E-state index contributed by atoms with van der Waals surface area (Å²) in [5.41, 5.74) is 1.00. The minimum atomic E-state index is 0.519. The molecule has 5 nitrogen and oxygen atoms in total. The summed E-state index contributed by atoms with van der Waals surface area (Å²) >= 11 is 0. The number of aromatic nitrogens is 4. The second-order valence-corrected chi connectivity index (χ2v) is 3.98. The van der Waals surface area contributed by atoms with Crippen molar-refractivity contribution in [3.63, 3.8) is 0 Å². The fraction of sp³-hybridized carbons (Fsp3) is 0.500. The molecule has 1 fully saturated rings. The van der Waals surface area contributed by atoms with Crippen molar-refractivity contribution in [2.24, 2.45) is 0 Å². The summed E-state index contributed by atoms with van der Waals surface area (Å²) in [6.45, 7) is 2.55. The van der Waals surface area contributed by atoms with Crippen LogP contribution < -0.4 is 0 Å². The van der Waals surface area contributed by atoms with Crippen LogP contribution in [0.1, 0.15) is 36.2 Å². The highest BCUT2D eigenvalue weighted by Crippen LogP contribution is 2.38. The van der Waals surface area contributed by atoms with Gasteiger partial charge in [0.1, 0.15) is 6.54 Å². The molecule has 5 heteroatoms. The monoisotopic (exact) mass is 204 g/mol. The van der Waals surface area contributed by atoms with E-state index in [1.807, 2.05) is 23.9 Å². The average molecular weight is 204 g/mol. The number of nitrogens with zero attached hydrogens (tertiary/aromatic N) is 4. The first-order chi connectivity index (χ1) is 7.31. The second-order valence-electron chi connectivity index (χ2n) is 3.98. The van der Waals surface area contributed by atoms with E-state index in [1.54, 1.807) is 0 Å². The highest BCUT2D eigenvalue weighted by Gasteiger charge is 2.29. The molecule has 2 aromatic rings. The number of hydrogen-bond donors (Lipinski definition) is 0. The van der Waals surface area contributed by atoms with Crippen LogP contribution in [-0.2, 0) is 6.54 Å². The van der Waals surface area contributed by atoms with Gasteiger partial charge in [-0.15, -0.1) is 0 Å². The standard InChI is InChI=1S/C10H12N4O/c1-7-4-5-14(12-7)6-9-11-10(15-13-9)8-2-3-8/h4-5,8H,2-3,6H2,1H3. The molecule has 0 saturated heterocycles. The summed E-state index contributed by atoms with van der Waals surface area (Å²) in [4.78, 5) is 4.34. The van der Waals surface area contributed by atoms with E-state index in [2.05, 4.69) is 15.2 Å². The summed E-state index contributed by atoms with van der Waals surface area (Å²) in [5, 5.41) is 8.21. The Labute approximate surface area is 87.1 Å². The van der Waals surface area contributed by atoms with E-state index in [0.717, 1.165) is 11.6 Å². The normalized spacial score (nSPS) is 15.8. The van der Waals surface area contributed by atoms with Crippen molar-refractivity contribution in [1.29, 1.82) is 0 Å². The van der Waals surface area contributed by atoms with Crippen LogP contribution >= 0.6 is 0 Å². The Hall–Kier alpha value is -1.65. The molecule has 78 valence electrons. The lowest BCUT2D eigenvalue weighted by Gasteiger charge is -1.93. The van der Waals surface area contributed by atoms with Gasteiger partial charge in [0.25, 0.3) is 0 Å². The van der Waals surface area contributed by atoms with E-state index in [9.17, 15) is 0 Å². The van der Waals surface area contributed by atoms with E-state index in [0.29, 0.717) is 18.3 Å². The SMILES string of the molecule is Cc1ccn(Cc2noc(C3CC3)n2)n1. The van der Waals surface area contributed by atoms with Crippen molar-refractivity contribution in [2.45, 2.75) is 32.2 Å². The van der Waals surface area contributed by atoms with Gasteiger partial charge in [0.2, 0.25) is 5.89 Å². The Morgan fingerprint density at radius 1 is 1.53 bits per heavy atom. The lowest BCUT2D eigenvalue weighted by molar-refractivity contribution is 0.372. The Kier molecular flexibility index (Phi) is 1.83. The van der Waals surface area contributed by atoms with Crippen LogP contribution in [0.4, 0.5) is 0 Å². The zero-order valence-corrected chi connectivity index (χ0v) is 8.55. The van der Waals surface area contributed by atoms with Gasteiger partial charge in [-0.25, -0.2) is 0 Å². The third kappa shape index (κ3) is 1.77. The predicted molar refractivity (Wildman–Crippen MR) is 52.3 cm³/mol. The third-order valence-corrected chi connectivity index (χ3v) is 2.49. The fourth-order valence-corrected chi connectivity index (χ4v) is 1.52. The summed E-state index contributed by atoms with van der Waals surface area (Å²) in [6.07, 6.45) is 4.29. The maximum absolute atomic E-state index is 5.17. The lowest BCUT2D eigenvalue weighted by atomic mass is 10.4. The van der Waals surface area contributed by atoms with Gasteiger partial charge >= 0.3 is 0 Å². The maximum Gasteiger partial charge on any atom is 0.229 e. The van der Waals surface area contributed by atoms with Gasteiger partial charge in [0.05, 0.1) is 5.69 Å². The van der Waals surface area contributed by atoms with Crippen LogP contribution in [0, 0.1) is 6.92 Å². The van der Waals surface area contributed by atoms with E-state index >= 15 is 0 Å². The number of hydrogen-bond acceptors (Lipinski definition) is 4. The molecule has 3 rings (SSSR count). The Morgan fingerprint density at radius 2 is 2.40 bits per heavy atom. The van der Waals surface area contributed by atoms with Gasteiger partial charge in [-0.2, -0.15) is 10.1 Å². The molecule has 1 aliphatic rings. The van der Waals surface area contributed by atoms with Crippen LogP contribution in [0.5, 0.6) is 0 Å². The lowest BCUT2D eigenvalue weighted by Crippen LogP contribution is -2.02. The molecule has 15 heavy (non-hydrogen) atoms. The number of rotatable bonds is 3. The van der Waals surface area contributed by atoms with Crippen molar-refractivity contribution in [1.82, 2.24) is 19.9 Å². The molecule has 0 aliphatic heterocycles. The van der Waals surface area contributed by atoms with Crippen molar-refractivity contribution >= 4 is 0 Å². The van der Waals surface area contributed by atoms with E-state index in [-0.39, 0.29) is 0 Å². The quantitative estimate of drug-likeness (QED) is 0.760. The highest BCUT2D eigenvalue weighted by molar-refractivity contribution is 5.02. The molecule has 0 N–H and O–H groups in total. The van der Waals surface area contributed by atoms with Crippen molar-refractivity contribution < 1.29 is 4.52 Å². The van der Waals surface area contributed by atoms with E-state index < -0.39 is 0 Å². The molecule has 1 saturated carbocycles. The largest absolute Gasteiger partial charge is 0.339 e. The minimum absolute atomic E-state index is 0.519. The summed E-state index contributed by atoms with van der Waals surface area (Å²) < 4.78 is 6.98. The molecular weight excluding hydrogens is 192 g/mol. The molecule has 1 aliphatic carbocycles. The summed E-state index contributed by atoms with van der Waals surface area (Å²) in [5.74, 6) is 2.01. The van der Waals surface area contributed by atoms with Gasteiger partial charge < -0.3 is 4.52 Å². The fourth-order valence-electron chi connectivity index (χ4n) is 1.52. The molecule has 0 spiro atoms.